The standard InChI is InChI=1S/C15H25BrN2/c1-14(2,11-18-10-9-15(3,4)17)12-5-7-13(16)8-6-12/h5-8,18H,9-11,17H2,1-4H3. The number of nitrogens with one attached hydrogen (secondary N) is 1. The van der Waals surface area contributed by atoms with Crippen molar-refractivity contribution in [3.63, 3.8) is 0 Å². The maximum atomic E-state index is 5.97. The van der Waals surface area contributed by atoms with Crippen LogP contribution in [0.15, 0.2) is 28.7 Å². The first kappa shape index (κ1) is 15.7. The zero-order chi connectivity index (χ0) is 13.8. The fourth-order valence-corrected chi connectivity index (χ4v) is 2.08. The summed E-state index contributed by atoms with van der Waals surface area (Å²) < 4.78 is 1.12. The van der Waals surface area contributed by atoms with E-state index in [0.717, 1.165) is 24.0 Å². The quantitative estimate of drug-likeness (QED) is 0.790. The van der Waals surface area contributed by atoms with Crippen molar-refractivity contribution in [3.05, 3.63) is 34.3 Å². The lowest BCUT2D eigenvalue weighted by atomic mass is 9.84. The van der Waals surface area contributed by atoms with Gasteiger partial charge in [0.2, 0.25) is 0 Å². The largest absolute Gasteiger partial charge is 0.326 e. The molecule has 0 amide bonds. The smallest absolute Gasteiger partial charge is 0.0175 e. The Morgan fingerprint density at radius 2 is 1.67 bits per heavy atom. The third kappa shape index (κ3) is 5.51. The molecular weight excluding hydrogens is 288 g/mol. The molecule has 2 nitrogen and oxygen atoms in total. The first-order valence-corrected chi connectivity index (χ1v) is 7.26. The first-order chi connectivity index (χ1) is 8.21. The van der Waals surface area contributed by atoms with Crippen molar-refractivity contribution in [3.8, 4) is 0 Å². The molecule has 0 aliphatic carbocycles. The van der Waals surface area contributed by atoms with E-state index in [-0.39, 0.29) is 11.0 Å². The summed E-state index contributed by atoms with van der Waals surface area (Å²) in [5, 5.41) is 3.50. The molecule has 0 saturated heterocycles. The molecule has 3 N–H and O–H groups in total. The van der Waals surface area contributed by atoms with Crippen molar-refractivity contribution in [1.82, 2.24) is 5.32 Å². The number of nitrogens with two attached hydrogens (primary N) is 1. The van der Waals surface area contributed by atoms with Crippen LogP contribution in [0.1, 0.15) is 39.7 Å². The van der Waals surface area contributed by atoms with Crippen LogP contribution in [0.2, 0.25) is 0 Å². The van der Waals surface area contributed by atoms with Crippen LogP contribution in [0.25, 0.3) is 0 Å². The van der Waals surface area contributed by atoms with Gasteiger partial charge in [-0.15, -0.1) is 0 Å². The Balaban J connectivity index is 2.47. The van der Waals surface area contributed by atoms with E-state index in [9.17, 15) is 0 Å². The summed E-state index contributed by atoms with van der Waals surface area (Å²) in [7, 11) is 0. The highest BCUT2D eigenvalue weighted by Gasteiger charge is 2.20. The van der Waals surface area contributed by atoms with Crippen molar-refractivity contribution in [2.45, 2.75) is 45.1 Å². The van der Waals surface area contributed by atoms with Gasteiger partial charge in [0.05, 0.1) is 0 Å². The SMILES string of the molecule is CC(C)(N)CCNCC(C)(C)c1ccc(Br)cc1. The Kier molecular flexibility index (Phi) is 5.38. The fourth-order valence-electron chi connectivity index (χ4n) is 1.81. The Hall–Kier alpha value is -0.380. The van der Waals surface area contributed by atoms with E-state index >= 15 is 0 Å². The van der Waals surface area contributed by atoms with Crippen molar-refractivity contribution < 1.29 is 0 Å². The molecular formula is C15H25BrN2. The number of halogens is 1. The number of benzene rings is 1. The molecule has 0 radical (unpaired) electrons. The van der Waals surface area contributed by atoms with Gasteiger partial charge in [0, 0.05) is 22.0 Å². The summed E-state index contributed by atoms with van der Waals surface area (Å²) in [6, 6.07) is 8.55. The monoisotopic (exact) mass is 312 g/mol. The summed E-state index contributed by atoms with van der Waals surface area (Å²) >= 11 is 3.47. The van der Waals surface area contributed by atoms with Crippen LogP contribution in [0, 0.1) is 0 Å². The van der Waals surface area contributed by atoms with Gasteiger partial charge in [0.1, 0.15) is 0 Å². The second kappa shape index (κ2) is 6.18. The van der Waals surface area contributed by atoms with Gasteiger partial charge < -0.3 is 11.1 Å². The van der Waals surface area contributed by atoms with Crippen LogP contribution in [-0.4, -0.2) is 18.6 Å². The maximum absolute atomic E-state index is 5.97. The zero-order valence-electron chi connectivity index (χ0n) is 11.9. The zero-order valence-corrected chi connectivity index (χ0v) is 13.5. The molecule has 0 saturated carbocycles. The molecule has 18 heavy (non-hydrogen) atoms. The minimum atomic E-state index is -0.0885. The molecule has 0 fully saturated rings. The van der Waals surface area contributed by atoms with Crippen molar-refractivity contribution >= 4 is 15.9 Å². The van der Waals surface area contributed by atoms with E-state index in [2.05, 4.69) is 73.2 Å². The second-order valence-corrected chi connectivity index (χ2v) is 7.22. The minimum absolute atomic E-state index is 0.0885. The van der Waals surface area contributed by atoms with Crippen LogP contribution in [0.5, 0.6) is 0 Å². The lowest BCUT2D eigenvalue weighted by Crippen LogP contribution is -2.39. The minimum Gasteiger partial charge on any atom is -0.326 e. The third-order valence-corrected chi connectivity index (χ3v) is 3.67. The molecule has 102 valence electrons. The molecule has 0 aromatic heterocycles. The predicted octanol–water partition coefficient (Wildman–Crippen LogP) is 3.44. The van der Waals surface area contributed by atoms with Crippen molar-refractivity contribution in [1.29, 1.82) is 0 Å². The average Bonchev–Trinajstić information content (AvgIpc) is 2.24. The van der Waals surface area contributed by atoms with Gasteiger partial charge in [0.15, 0.2) is 0 Å². The van der Waals surface area contributed by atoms with E-state index in [4.69, 9.17) is 5.73 Å². The highest BCUT2D eigenvalue weighted by Crippen LogP contribution is 2.24. The Morgan fingerprint density at radius 1 is 1.11 bits per heavy atom. The molecule has 0 heterocycles. The van der Waals surface area contributed by atoms with Crippen LogP contribution in [0.4, 0.5) is 0 Å². The molecule has 0 spiro atoms. The lowest BCUT2D eigenvalue weighted by molar-refractivity contribution is 0.418. The molecule has 0 aliphatic heterocycles. The van der Waals surface area contributed by atoms with Crippen molar-refractivity contribution in [2.24, 2.45) is 5.73 Å². The highest BCUT2D eigenvalue weighted by atomic mass is 79.9. The molecule has 0 aliphatic rings. The number of rotatable bonds is 6. The van der Waals surface area contributed by atoms with Crippen LogP contribution in [0.3, 0.4) is 0 Å². The van der Waals surface area contributed by atoms with Gasteiger partial charge in [-0.3, -0.25) is 0 Å². The topological polar surface area (TPSA) is 38.0 Å². The summed E-state index contributed by atoms with van der Waals surface area (Å²) in [6.07, 6.45) is 0.990. The predicted molar refractivity (Wildman–Crippen MR) is 82.9 cm³/mol. The number of hydrogen-bond donors (Lipinski definition) is 2. The van der Waals surface area contributed by atoms with E-state index in [1.54, 1.807) is 0 Å². The van der Waals surface area contributed by atoms with Gasteiger partial charge in [-0.05, 0) is 44.5 Å². The van der Waals surface area contributed by atoms with Gasteiger partial charge in [-0.1, -0.05) is 41.9 Å². The van der Waals surface area contributed by atoms with Crippen LogP contribution in [-0.2, 0) is 5.41 Å². The van der Waals surface area contributed by atoms with Crippen LogP contribution >= 0.6 is 15.9 Å². The first-order valence-electron chi connectivity index (χ1n) is 6.46. The molecule has 0 bridgehead atoms. The van der Waals surface area contributed by atoms with Gasteiger partial charge in [-0.2, -0.15) is 0 Å². The Morgan fingerprint density at radius 3 is 2.17 bits per heavy atom. The summed E-state index contributed by atoms with van der Waals surface area (Å²) in [5.74, 6) is 0. The maximum Gasteiger partial charge on any atom is 0.0175 e. The fraction of sp³-hybridized carbons (Fsp3) is 0.600. The third-order valence-electron chi connectivity index (χ3n) is 3.14. The molecule has 1 aromatic rings. The van der Waals surface area contributed by atoms with Gasteiger partial charge in [0.25, 0.3) is 0 Å². The Bertz CT molecular complexity index is 363. The molecule has 1 aromatic carbocycles. The van der Waals surface area contributed by atoms with E-state index < -0.39 is 0 Å². The summed E-state index contributed by atoms with van der Waals surface area (Å²) in [5.41, 5.74) is 7.37. The molecule has 3 heteroatoms. The van der Waals surface area contributed by atoms with Gasteiger partial charge >= 0.3 is 0 Å². The average molecular weight is 313 g/mol. The summed E-state index contributed by atoms with van der Waals surface area (Å²) in [4.78, 5) is 0. The second-order valence-electron chi connectivity index (χ2n) is 6.31. The highest BCUT2D eigenvalue weighted by molar-refractivity contribution is 9.10. The molecule has 1 rings (SSSR count). The van der Waals surface area contributed by atoms with E-state index in [1.165, 1.54) is 5.56 Å². The summed E-state index contributed by atoms with van der Waals surface area (Å²) in [6.45, 7) is 10.6. The van der Waals surface area contributed by atoms with Crippen LogP contribution < -0.4 is 11.1 Å². The molecule has 0 atom stereocenters. The van der Waals surface area contributed by atoms with Gasteiger partial charge in [-0.25, -0.2) is 0 Å². The van der Waals surface area contributed by atoms with E-state index in [0.29, 0.717) is 0 Å². The molecule has 0 unspecified atom stereocenters. The lowest BCUT2D eigenvalue weighted by Gasteiger charge is -2.27. The van der Waals surface area contributed by atoms with E-state index in [1.807, 2.05) is 0 Å². The number of hydrogen-bond acceptors (Lipinski definition) is 2. The van der Waals surface area contributed by atoms with Crippen molar-refractivity contribution in [2.75, 3.05) is 13.1 Å². The normalized spacial score (nSPS) is 12.8. The Labute approximate surface area is 119 Å².